The predicted octanol–water partition coefficient (Wildman–Crippen LogP) is 5.21. The van der Waals surface area contributed by atoms with Crippen molar-refractivity contribution in [3.63, 3.8) is 0 Å². The van der Waals surface area contributed by atoms with E-state index in [0.29, 0.717) is 12.1 Å². The van der Waals surface area contributed by atoms with E-state index in [4.69, 9.17) is 5.41 Å². The maximum Gasteiger partial charge on any atom is 0.187 e. The molecule has 0 saturated carbocycles. The van der Waals surface area contributed by atoms with E-state index in [9.17, 15) is 4.79 Å². The van der Waals surface area contributed by atoms with Crippen LogP contribution in [0.25, 0.3) is 10.9 Å². The minimum absolute atomic E-state index is 0.0162. The van der Waals surface area contributed by atoms with Crippen LogP contribution < -0.4 is 0 Å². The molecule has 1 N–H and O–H groups in total. The van der Waals surface area contributed by atoms with Crippen molar-refractivity contribution in [1.82, 2.24) is 4.57 Å². The van der Waals surface area contributed by atoms with Crippen molar-refractivity contribution >= 4 is 22.4 Å². The Bertz CT molecular complexity index is 951. The zero-order valence-electron chi connectivity index (χ0n) is 15.3. The second kappa shape index (κ2) is 7.96. The molecule has 0 amide bonds. The second-order valence-electron chi connectivity index (χ2n) is 6.83. The summed E-state index contributed by atoms with van der Waals surface area (Å²) in [4.78, 5) is 12.8. The first-order valence-electron chi connectivity index (χ1n) is 8.89. The van der Waals surface area contributed by atoms with Crippen molar-refractivity contribution in [3.8, 4) is 0 Å². The van der Waals surface area contributed by atoms with Crippen molar-refractivity contribution < 1.29 is 4.79 Å². The third kappa shape index (κ3) is 4.17. The molecule has 3 rings (SSSR count). The molecule has 2 aromatic carbocycles. The minimum atomic E-state index is 0.0162. The van der Waals surface area contributed by atoms with E-state index in [0.717, 1.165) is 22.9 Å². The van der Waals surface area contributed by atoms with Crippen LogP contribution in [-0.2, 0) is 13.5 Å². The minimum Gasteiger partial charge on any atom is -0.350 e. The van der Waals surface area contributed by atoms with Gasteiger partial charge >= 0.3 is 0 Å². The molecule has 0 aliphatic rings. The molecule has 0 aliphatic carbocycles. The first-order valence-corrected chi connectivity index (χ1v) is 8.89. The Kier molecular flexibility index (Phi) is 5.47. The molecule has 0 saturated heterocycles. The Morgan fingerprint density at radius 3 is 2.54 bits per heavy atom. The Morgan fingerprint density at radius 2 is 1.81 bits per heavy atom. The fourth-order valence-corrected chi connectivity index (χ4v) is 3.37. The Morgan fingerprint density at radius 1 is 1.12 bits per heavy atom. The largest absolute Gasteiger partial charge is 0.350 e. The number of carbonyl (C=O) groups is 1. The van der Waals surface area contributed by atoms with E-state index in [1.807, 2.05) is 73.3 Å². The molecule has 26 heavy (non-hydrogen) atoms. The average molecular weight is 344 g/mol. The third-order valence-corrected chi connectivity index (χ3v) is 4.59. The summed E-state index contributed by atoms with van der Waals surface area (Å²) in [6, 6.07) is 18.2. The van der Waals surface area contributed by atoms with Gasteiger partial charge in [-0.15, -0.1) is 0 Å². The summed E-state index contributed by atoms with van der Waals surface area (Å²) in [5.41, 5.74) is 3.64. The van der Waals surface area contributed by atoms with Gasteiger partial charge in [-0.2, -0.15) is 0 Å². The predicted molar refractivity (Wildman–Crippen MR) is 108 cm³/mol. The number of allylic oxidation sites excluding steroid dienone is 2. The molecule has 3 heteroatoms. The molecule has 132 valence electrons. The molecular weight excluding hydrogens is 320 g/mol. The number of hydrogen-bond donors (Lipinski definition) is 1. The van der Waals surface area contributed by atoms with E-state index < -0.39 is 0 Å². The van der Waals surface area contributed by atoms with Crippen LogP contribution in [0.2, 0.25) is 0 Å². The van der Waals surface area contributed by atoms with E-state index in [1.165, 1.54) is 5.56 Å². The molecule has 1 aromatic heterocycles. The van der Waals surface area contributed by atoms with E-state index in [1.54, 1.807) is 6.08 Å². The molecule has 1 atom stereocenters. The smallest absolute Gasteiger partial charge is 0.187 e. The highest BCUT2D eigenvalue weighted by Crippen LogP contribution is 2.22. The quantitative estimate of drug-likeness (QED) is 0.357. The van der Waals surface area contributed by atoms with Crippen molar-refractivity contribution in [3.05, 3.63) is 84.1 Å². The summed E-state index contributed by atoms with van der Waals surface area (Å²) in [6.07, 6.45) is 7.03. The fraction of sp³-hybridized carbons (Fsp3) is 0.217. The van der Waals surface area contributed by atoms with Gasteiger partial charge in [-0.1, -0.05) is 54.6 Å². The number of benzene rings is 2. The second-order valence-corrected chi connectivity index (χ2v) is 6.83. The fourth-order valence-electron chi connectivity index (χ4n) is 3.37. The van der Waals surface area contributed by atoms with Crippen molar-refractivity contribution in [2.24, 2.45) is 13.0 Å². The van der Waals surface area contributed by atoms with Crippen LogP contribution in [0.1, 0.15) is 29.3 Å². The van der Waals surface area contributed by atoms with Crippen LogP contribution >= 0.6 is 0 Å². The van der Waals surface area contributed by atoms with Crippen LogP contribution in [0.15, 0.2) is 72.9 Å². The molecule has 0 spiro atoms. The number of ketones is 1. The molecule has 1 heterocycles. The Labute approximate surface area is 154 Å². The zero-order chi connectivity index (χ0) is 18.5. The van der Waals surface area contributed by atoms with E-state index in [-0.39, 0.29) is 11.7 Å². The van der Waals surface area contributed by atoms with Gasteiger partial charge in [0.1, 0.15) is 0 Å². The van der Waals surface area contributed by atoms with Crippen LogP contribution in [0, 0.1) is 11.3 Å². The van der Waals surface area contributed by atoms with Gasteiger partial charge in [0.2, 0.25) is 0 Å². The Balaban J connectivity index is 1.82. The highest BCUT2D eigenvalue weighted by molar-refractivity contribution is 6.13. The maximum absolute atomic E-state index is 12.8. The summed E-state index contributed by atoms with van der Waals surface area (Å²) in [5, 5.41) is 8.81. The standard InChI is InChI=1S/C23H24N2O/c1-17(24)14-19(15-18-8-4-3-5-9-18)12-13-23(26)21-16-25(2)22-11-7-6-10-20(21)22/h3-13,16,19,24H,14-15H2,1-2H3. The maximum atomic E-state index is 12.8. The van der Waals surface area contributed by atoms with Gasteiger partial charge < -0.3 is 9.98 Å². The lowest BCUT2D eigenvalue weighted by molar-refractivity contribution is 0.104. The summed E-state index contributed by atoms with van der Waals surface area (Å²) in [7, 11) is 1.96. The van der Waals surface area contributed by atoms with Crippen LogP contribution in [-0.4, -0.2) is 16.1 Å². The van der Waals surface area contributed by atoms with Gasteiger partial charge in [0.05, 0.1) is 0 Å². The molecule has 3 aromatic rings. The number of aromatic nitrogens is 1. The number of fused-ring (bicyclic) bond motifs is 1. The zero-order valence-corrected chi connectivity index (χ0v) is 15.3. The van der Waals surface area contributed by atoms with Gasteiger partial charge in [0.25, 0.3) is 0 Å². The SMILES string of the molecule is CC(=N)CC(C=CC(=O)c1cn(C)c2ccccc12)Cc1ccccc1. The number of rotatable bonds is 7. The van der Waals surface area contributed by atoms with Crippen LogP contribution in [0.4, 0.5) is 0 Å². The number of nitrogens with one attached hydrogen (secondary N) is 1. The summed E-state index contributed by atoms with van der Waals surface area (Å²) in [5.74, 6) is 0.163. The number of aryl methyl sites for hydroxylation is 1. The topological polar surface area (TPSA) is 45.9 Å². The summed E-state index contributed by atoms with van der Waals surface area (Å²) >= 11 is 0. The molecule has 1 unspecified atom stereocenters. The lowest BCUT2D eigenvalue weighted by atomic mass is 9.93. The number of carbonyl (C=O) groups excluding carboxylic acids is 1. The molecule has 0 aliphatic heterocycles. The normalized spacial score (nSPS) is 12.5. The third-order valence-electron chi connectivity index (χ3n) is 4.59. The van der Waals surface area contributed by atoms with Gasteiger partial charge in [-0.05, 0) is 43.4 Å². The highest BCUT2D eigenvalue weighted by Gasteiger charge is 2.13. The highest BCUT2D eigenvalue weighted by atomic mass is 16.1. The van der Waals surface area contributed by atoms with Crippen molar-refractivity contribution in [2.75, 3.05) is 0 Å². The molecule has 0 fully saturated rings. The van der Waals surface area contributed by atoms with Crippen LogP contribution in [0.5, 0.6) is 0 Å². The van der Waals surface area contributed by atoms with Crippen molar-refractivity contribution in [1.29, 1.82) is 5.41 Å². The van der Waals surface area contributed by atoms with Gasteiger partial charge in [0.15, 0.2) is 5.78 Å². The van der Waals surface area contributed by atoms with Gasteiger partial charge in [-0.3, -0.25) is 4.79 Å². The lowest BCUT2D eigenvalue weighted by Crippen LogP contribution is -2.07. The Hall–Kier alpha value is -2.94. The first kappa shape index (κ1) is 17.9. The monoisotopic (exact) mass is 344 g/mol. The van der Waals surface area contributed by atoms with E-state index in [2.05, 4.69) is 12.1 Å². The van der Waals surface area contributed by atoms with Gasteiger partial charge in [0, 0.05) is 35.4 Å². The number of para-hydroxylation sites is 1. The number of hydrogen-bond acceptors (Lipinski definition) is 2. The van der Waals surface area contributed by atoms with Crippen LogP contribution in [0.3, 0.4) is 0 Å². The molecular formula is C23H24N2O. The molecule has 0 bridgehead atoms. The van der Waals surface area contributed by atoms with E-state index >= 15 is 0 Å². The van der Waals surface area contributed by atoms with Gasteiger partial charge in [-0.25, -0.2) is 0 Å². The molecule has 0 radical (unpaired) electrons. The van der Waals surface area contributed by atoms with Crippen molar-refractivity contribution in [2.45, 2.75) is 19.8 Å². The first-order chi connectivity index (χ1) is 12.5. The summed E-state index contributed by atoms with van der Waals surface area (Å²) in [6.45, 7) is 1.82. The average Bonchev–Trinajstić information content (AvgIpc) is 2.97. The molecule has 3 nitrogen and oxygen atoms in total. The summed E-state index contributed by atoms with van der Waals surface area (Å²) < 4.78 is 1.99. The lowest BCUT2D eigenvalue weighted by Gasteiger charge is -2.12. The number of nitrogens with zero attached hydrogens (tertiary/aromatic N) is 1.